The monoisotopic (exact) mass is 252 g/mol. The molecule has 0 bridgehead atoms. The number of carbonyl (C=O) groups excluding carboxylic acids is 1. The number of nitrogens with two attached hydrogens (primary N) is 1. The van der Waals surface area contributed by atoms with Gasteiger partial charge in [0.15, 0.2) is 5.75 Å². The lowest BCUT2D eigenvalue weighted by Crippen LogP contribution is -2.41. The van der Waals surface area contributed by atoms with Crippen molar-refractivity contribution in [2.45, 2.75) is 12.2 Å². The van der Waals surface area contributed by atoms with Gasteiger partial charge >= 0.3 is 0 Å². The van der Waals surface area contributed by atoms with Crippen LogP contribution >= 0.6 is 11.8 Å². The van der Waals surface area contributed by atoms with Gasteiger partial charge in [-0.25, -0.2) is 0 Å². The molecule has 1 atom stereocenters. The Bertz CT molecular complexity index is 437. The van der Waals surface area contributed by atoms with E-state index in [2.05, 4.69) is 6.92 Å². The van der Waals surface area contributed by atoms with Crippen LogP contribution in [0.15, 0.2) is 18.2 Å². The first-order valence-electron chi connectivity index (χ1n) is 5.58. The lowest BCUT2D eigenvalue weighted by atomic mass is 10.1. The zero-order valence-electron chi connectivity index (χ0n) is 9.72. The highest BCUT2D eigenvalue weighted by molar-refractivity contribution is 7.99. The molecule has 0 aromatic heterocycles. The number of nitrogen functional groups attached to an aromatic ring is 1. The third kappa shape index (κ3) is 2.49. The summed E-state index contributed by atoms with van der Waals surface area (Å²) >= 11 is 1.86. The summed E-state index contributed by atoms with van der Waals surface area (Å²) in [7, 11) is 0. The van der Waals surface area contributed by atoms with E-state index in [9.17, 15) is 9.90 Å². The molecule has 1 unspecified atom stereocenters. The van der Waals surface area contributed by atoms with Crippen LogP contribution in [-0.4, -0.2) is 40.0 Å². The summed E-state index contributed by atoms with van der Waals surface area (Å²) in [6.07, 6.45) is 0. The summed E-state index contributed by atoms with van der Waals surface area (Å²) in [5, 5.41) is 10.2. The van der Waals surface area contributed by atoms with Gasteiger partial charge in [0.2, 0.25) is 0 Å². The first kappa shape index (κ1) is 12.1. The van der Waals surface area contributed by atoms with E-state index >= 15 is 0 Å². The number of thioether (sulfide) groups is 1. The quantitative estimate of drug-likeness (QED) is 0.588. The average Bonchev–Trinajstić information content (AvgIpc) is 2.32. The van der Waals surface area contributed by atoms with Crippen molar-refractivity contribution in [3.63, 3.8) is 0 Å². The van der Waals surface area contributed by atoms with Gasteiger partial charge < -0.3 is 15.7 Å². The number of phenols is 1. The van der Waals surface area contributed by atoms with Crippen molar-refractivity contribution in [2.24, 2.45) is 0 Å². The number of hydrogen-bond donors (Lipinski definition) is 2. The van der Waals surface area contributed by atoms with Gasteiger partial charge in [0.05, 0.1) is 11.3 Å². The summed E-state index contributed by atoms with van der Waals surface area (Å²) in [6, 6.07) is 4.88. The Labute approximate surface area is 105 Å². The lowest BCUT2D eigenvalue weighted by molar-refractivity contribution is 0.0760. The highest BCUT2D eigenvalue weighted by Crippen LogP contribution is 2.27. The van der Waals surface area contributed by atoms with Crippen molar-refractivity contribution in [1.82, 2.24) is 4.90 Å². The molecule has 1 aromatic rings. The minimum absolute atomic E-state index is 0.108. The molecule has 0 spiro atoms. The molecule has 92 valence electrons. The van der Waals surface area contributed by atoms with E-state index in [0.29, 0.717) is 10.8 Å². The van der Waals surface area contributed by atoms with E-state index in [0.717, 1.165) is 18.8 Å². The van der Waals surface area contributed by atoms with Crippen LogP contribution < -0.4 is 5.73 Å². The fourth-order valence-corrected chi connectivity index (χ4v) is 2.92. The van der Waals surface area contributed by atoms with Crippen LogP contribution in [0.1, 0.15) is 17.3 Å². The number of nitrogens with zero attached hydrogens (tertiary/aromatic N) is 1. The van der Waals surface area contributed by atoms with E-state index in [4.69, 9.17) is 5.73 Å². The zero-order valence-corrected chi connectivity index (χ0v) is 10.5. The molecular weight excluding hydrogens is 236 g/mol. The predicted molar refractivity (Wildman–Crippen MR) is 70.3 cm³/mol. The van der Waals surface area contributed by atoms with Gasteiger partial charge in [-0.05, 0) is 12.1 Å². The Balaban J connectivity index is 2.22. The number of benzene rings is 1. The van der Waals surface area contributed by atoms with Crippen LogP contribution in [0.4, 0.5) is 5.69 Å². The van der Waals surface area contributed by atoms with Crippen LogP contribution in [0.5, 0.6) is 5.75 Å². The Hall–Kier alpha value is -1.36. The van der Waals surface area contributed by atoms with Crippen LogP contribution in [0, 0.1) is 0 Å². The Morgan fingerprint density at radius 3 is 3.06 bits per heavy atom. The molecule has 0 aliphatic carbocycles. The number of rotatable bonds is 1. The minimum atomic E-state index is -0.137. The molecule has 1 saturated heterocycles. The molecule has 1 aliphatic heterocycles. The number of carbonyl (C=O) groups is 1. The number of hydrogen-bond acceptors (Lipinski definition) is 4. The van der Waals surface area contributed by atoms with Crippen molar-refractivity contribution in [1.29, 1.82) is 0 Å². The molecule has 4 nitrogen and oxygen atoms in total. The fraction of sp³-hybridized carbons (Fsp3) is 0.417. The van der Waals surface area contributed by atoms with Crippen LogP contribution in [0.25, 0.3) is 0 Å². The van der Waals surface area contributed by atoms with Gasteiger partial charge in [-0.15, -0.1) is 0 Å². The SMILES string of the molecule is CC1CN(C(=O)c2cccc(N)c2O)CCS1. The largest absolute Gasteiger partial charge is 0.505 e. The molecule has 5 heteroatoms. The van der Waals surface area contributed by atoms with Crippen LogP contribution in [0.2, 0.25) is 0 Å². The number of aromatic hydroxyl groups is 1. The van der Waals surface area contributed by atoms with Crippen molar-refractivity contribution in [3.8, 4) is 5.75 Å². The van der Waals surface area contributed by atoms with Gasteiger partial charge in [0, 0.05) is 24.1 Å². The molecule has 17 heavy (non-hydrogen) atoms. The van der Waals surface area contributed by atoms with E-state index in [1.165, 1.54) is 0 Å². The van der Waals surface area contributed by atoms with E-state index < -0.39 is 0 Å². The van der Waals surface area contributed by atoms with Crippen LogP contribution in [-0.2, 0) is 0 Å². The Kier molecular flexibility index (Phi) is 3.47. The second-order valence-electron chi connectivity index (χ2n) is 4.18. The van der Waals surface area contributed by atoms with Gasteiger partial charge in [-0.1, -0.05) is 13.0 Å². The van der Waals surface area contributed by atoms with Gasteiger partial charge in [0.25, 0.3) is 5.91 Å². The standard InChI is InChI=1S/C12H16N2O2S/c1-8-7-14(5-6-17-8)12(16)9-3-2-4-10(13)11(9)15/h2-4,8,15H,5-7,13H2,1H3. The zero-order chi connectivity index (χ0) is 12.4. The average molecular weight is 252 g/mol. The lowest BCUT2D eigenvalue weighted by Gasteiger charge is -2.30. The number of anilines is 1. The molecule has 1 amide bonds. The molecule has 1 aliphatic rings. The topological polar surface area (TPSA) is 66.6 Å². The van der Waals surface area contributed by atoms with Crippen LogP contribution in [0.3, 0.4) is 0 Å². The van der Waals surface area contributed by atoms with E-state index in [1.54, 1.807) is 23.1 Å². The van der Waals surface area contributed by atoms with Crippen molar-refractivity contribution >= 4 is 23.4 Å². The number of amides is 1. The second kappa shape index (κ2) is 4.87. The van der Waals surface area contributed by atoms with Crippen molar-refractivity contribution in [3.05, 3.63) is 23.8 Å². The number of para-hydroxylation sites is 1. The van der Waals surface area contributed by atoms with Gasteiger partial charge in [0.1, 0.15) is 0 Å². The Morgan fingerprint density at radius 1 is 1.59 bits per heavy atom. The summed E-state index contributed by atoms with van der Waals surface area (Å²) in [6.45, 7) is 3.54. The van der Waals surface area contributed by atoms with Crippen molar-refractivity contribution < 1.29 is 9.90 Å². The highest BCUT2D eigenvalue weighted by atomic mass is 32.2. The molecule has 0 saturated carbocycles. The van der Waals surface area contributed by atoms with Crippen molar-refractivity contribution in [2.75, 3.05) is 24.6 Å². The molecule has 2 rings (SSSR count). The molecule has 1 aromatic carbocycles. The summed E-state index contributed by atoms with van der Waals surface area (Å²) in [4.78, 5) is 14.0. The minimum Gasteiger partial charge on any atom is -0.505 e. The van der Waals surface area contributed by atoms with Gasteiger partial charge in [-0.2, -0.15) is 11.8 Å². The summed E-state index contributed by atoms with van der Waals surface area (Å²) in [5.41, 5.74) is 6.13. The third-order valence-electron chi connectivity index (χ3n) is 2.83. The summed E-state index contributed by atoms with van der Waals surface area (Å²) in [5.74, 6) is 0.695. The normalized spacial score (nSPS) is 20.3. The van der Waals surface area contributed by atoms with E-state index in [1.807, 2.05) is 11.8 Å². The predicted octanol–water partition coefficient (Wildman–Crippen LogP) is 1.55. The smallest absolute Gasteiger partial charge is 0.257 e. The highest BCUT2D eigenvalue weighted by Gasteiger charge is 2.24. The Morgan fingerprint density at radius 2 is 2.35 bits per heavy atom. The maximum atomic E-state index is 12.2. The maximum Gasteiger partial charge on any atom is 0.257 e. The van der Waals surface area contributed by atoms with E-state index in [-0.39, 0.29) is 17.3 Å². The first-order valence-corrected chi connectivity index (χ1v) is 6.63. The fourth-order valence-electron chi connectivity index (χ4n) is 1.91. The molecule has 1 fully saturated rings. The maximum absolute atomic E-state index is 12.2. The molecule has 3 N–H and O–H groups in total. The summed E-state index contributed by atoms with van der Waals surface area (Å²) < 4.78 is 0. The second-order valence-corrected chi connectivity index (χ2v) is 5.72. The molecule has 1 heterocycles. The van der Waals surface area contributed by atoms with Gasteiger partial charge in [-0.3, -0.25) is 4.79 Å². The first-order chi connectivity index (χ1) is 8.09. The third-order valence-corrected chi connectivity index (χ3v) is 3.96. The molecule has 0 radical (unpaired) electrons. The molecular formula is C12H16N2O2S. The number of phenolic OH excluding ortho intramolecular Hbond substituents is 1.